The number of ether oxygens (including phenoxy) is 2. The topological polar surface area (TPSA) is 44.5 Å². The van der Waals surface area contributed by atoms with Gasteiger partial charge in [-0.1, -0.05) is 29.3 Å². The molecule has 0 amide bonds. The van der Waals surface area contributed by atoms with Crippen molar-refractivity contribution in [1.29, 1.82) is 0 Å². The fourth-order valence-corrected chi connectivity index (χ4v) is 3.81. The Morgan fingerprint density at radius 3 is 2.30 bits per heavy atom. The molecule has 0 radical (unpaired) electrons. The van der Waals surface area contributed by atoms with Gasteiger partial charge in [-0.25, -0.2) is 4.39 Å². The minimum atomic E-state index is -0.310. The normalized spacial score (nSPS) is 16.3. The first kappa shape index (κ1) is 16.4. The van der Waals surface area contributed by atoms with E-state index in [1.165, 1.54) is 20.3 Å². The molecule has 2 aromatic rings. The van der Waals surface area contributed by atoms with Crippen molar-refractivity contribution in [3.63, 3.8) is 0 Å². The van der Waals surface area contributed by atoms with Crippen LogP contribution >= 0.6 is 23.2 Å². The van der Waals surface area contributed by atoms with Crippen LogP contribution in [0.2, 0.25) is 10.0 Å². The molecule has 3 rings (SSSR count). The van der Waals surface area contributed by atoms with Crippen molar-refractivity contribution in [3.05, 3.63) is 45.2 Å². The number of fused-ring (bicyclic) bond motifs is 1. The fraction of sp³-hybridized carbons (Fsp3) is 0.294. The predicted octanol–water partition coefficient (Wildman–Crippen LogP) is 4.76. The van der Waals surface area contributed by atoms with Gasteiger partial charge in [0.1, 0.15) is 17.3 Å². The van der Waals surface area contributed by atoms with Gasteiger partial charge in [-0.05, 0) is 30.0 Å². The lowest BCUT2D eigenvalue weighted by molar-refractivity contribution is 0.395. The van der Waals surface area contributed by atoms with E-state index in [1.807, 2.05) is 0 Å². The van der Waals surface area contributed by atoms with Crippen molar-refractivity contribution >= 4 is 23.2 Å². The van der Waals surface area contributed by atoms with Crippen molar-refractivity contribution in [2.24, 2.45) is 5.73 Å². The van der Waals surface area contributed by atoms with E-state index >= 15 is 0 Å². The summed E-state index contributed by atoms with van der Waals surface area (Å²) in [5.41, 5.74) is 8.75. The quantitative estimate of drug-likeness (QED) is 0.862. The van der Waals surface area contributed by atoms with Crippen molar-refractivity contribution in [1.82, 2.24) is 0 Å². The van der Waals surface area contributed by atoms with Gasteiger partial charge in [0.25, 0.3) is 0 Å². The Morgan fingerprint density at radius 2 is 1.74 bits per heavy atom. The van der Waals surface area contributed by atoms with E-state index in [9.17, 15) is 4.39 Å². The standard InChI is InChI=1S/C17H16Cl2FNO2/c1-22-12-7-13(23-2)17(19)15(16(12)18)9-3-5-10(20)14-8(9)4-6-11(14)21/h3,5,7,11H,4,6,21H2,1-2H3/t11-/m1/s1. The van der Waals surface area contributed by atoms with Crippen LogP contribution in [0.3, 0.4) is 0 Å². The summed E-state index contributed by atoms with van der Waals surface area (Å²) >= 11 is 12.9. The number of benzene rings is 2. The molecule has 2 aromatic carbocycles. The van der Waals surface area contributed by atoms with E-state index in [4.69, 9.17) is 38.4 Å². The highest BCUT2D eigenvalue weighted by molar-refractivity contribution is 6.41. The largest absolute Gasteiger partial charge is 0.495 e. The van der Waals surface area contributed by atoms with Crippen LogP contribution in [0.1, 0.15) is 23.6 Å². The summed E-state index contributed by atoms with van der Waals surface area (Å²) in [4.78, 5) is 0. The molecule has 6 heteroatoms. The minimum absolute atomic E-state index is 0.296. The Hall–Kier alpha value is -1.49. The van der Waals surface area contributed by atoms with Crippen LogP contribution in [0.5, 0.6) is 11.5 Å². The van der Waals surface area contributed by atoms with Crippen LogP contribution < -0.4 is 15.2 Å². The van der Waals surface area contributed by atoms with E-state index in [0.29, 0.717) is 45.5 Å². The third-order valence-corrected chi connectivity index (χ3v) is 4.97. The second kappa shape index (κ2) is 6.19. The molecule has 122 valence electrons. The van der Waals surface area contributed by atoms with Crippen LogP contribution in [0.15, 0.2) is 18.2 Å². The molecule has 0 spiro atoms. The molecule has 2 N–H and O–H groups in total. The van der Waals surface area contributed by atoms with Crippen molar-refractivity contribution in [3.8, 4) is 22.6 Å². The number of halogens is 3. The van der Waals surface area contributed by atoms with E-state index < -0.39 is 0 Å². The molecule has 1 atom stereocenters. The van der Waals surface area contributed by atoms with Gasteiger partial charge in [0, 0.05) is 23.2 Å². The minimum Gasteiger partial charge on any atom is -0.495 e. The molecule has 0 aliphatic heterocycles. The number of methoxy groups -OCH3 is 2. The van der Waals surface area contributed by atoms with Crippen LogP contribution in [-0.4, -0.2) is 14.2 Å². The Labute approximate surface area is 144 Å². The molecule has 0 saturated heterocycles. The Balaban J connectivity index is 2.32. The third-order valence-electron chi connectivity index (χ3n) is 4.22. The lowest BCUT2D eigenvalue weighted by Crippen LogP contribution is -2.07. The Bertz CT molecular complexity index is 752. The first-order chi connectivity index (χ1) is 11.0. The summed E-state index contributed by atoms with van der Waals surface area (Å²) < 4.78 is 24.7. The SMILES string of the molecule is COc1cc(OC)c(Cl)c(-c2ccc(F)c3c2CC[C@H]3N)c1Cl. The highest BCUT2D eigenvalue weighted by Crippen LogP contribution is 2.49. The molecule has 23 heavy (non-hydrogen) atoms. The van der Waals surface area contributed by atoms with Crippen molar-refractivity contribution in [2.45, 2.75) is 18.9 Å². The zero-order valence-corrected chi connectivity index (χ0v) is 14.3. The van der Waals surface area contributed by atoms with Crippen molar-refractivity contribution < 1.29 is 13.9 Å². The van der Waals surface area contributed by atoms with Crippen LogP contribution in [-0.2, 0) is 6.42 Å². The molecule has 1 aliphatic carbocycles. The molecule has 0 bridgehead atoms. The highest BCUT2D eigenvalue weighted by atomic mass is 35.5. The molecule has 0 unspecified atom stereocenters. The van der Waals surface area contributed by atoms with Gasteiger partial charge in [0.05, 0.1) is 24.3 Å². The smallest absolute Gasteiger partial charge is 0.141 e. The van der Waals surface area contributed by atoms with E-state index in [-0.39, 0.29) is 11.9 Å². The average Bonchev–Trinajstić information content (AvgIpc) is 2.93. The number of rotatable bonds is 3. The first-order valence-electron chi connectivity index (χ1n) is 7.16. The maximum Gasteiger partial charge on any atom is 0.141 e. The summed E-state index contributed by atoms with van der Waals surface area (Å²) in [5, 5.41) is 0.736. The predicted molar refractivity (Wildman–Crippen MR) is 90.2 cm³/mol. The van der Waals surface area contributed by atoms with Gasteiger partial charge in [-0.3, -0.25) is 0 Å². The molecule has 0 heterocycles. The number of hydrogen-bond donors (Lipinski definition) is 1. The van der Waals surface area contributed by atoms with Crippen LogP contribution in [0, 0.1) is 5.82 Å². The molecular weight excluding hydrogens is 340 g/mol. The van der Waals surface area contributed by atoms with E-state index in [0.717, 1.165) is 11.1 Å². The van der Waals surface area contributed by atoms with Gasteiger partial charge in [0.2, 0.25) is 0 Å². The summed E-state index contributed by atoms with van der Waals surface area (Å²) in [6.45, 7) is 0. The molecule has 1 aliphatic rings. The van der Waals surface area contributed by atoms with Gasteiger partial charge < -0.3 is 15.2 Å². The summed E-state index contributed by atoms with van der Waals surface area (Å²) in [6.07, 6.45) is 1.37. The Morgan fingerprint density at radius 1 is 1.13 bits per heavy atom. The molecule has 0 fully saturated rings. The maximum atomic E-state index is 14.1. The van der Waals surface area contributed by atoms with Crippen molar-refractivity contribution in [2.75, 3.05) is 14.2 Å². The number of nitrogens with two attached hydrogens (primary N) is 1. The fourth-order valence-electron chi connectivity index (χ4n) is 3.11. The zero-order valence-electron chi connectivity index (χ0n) is 12.8. The lowest BCUT2D eigenvalue weighted by atomic mass is 9.95. The maximum absolute atomic E-state index is 14.1. The summed E-state index contributed by atoms with van der Waals surface area (Å²) in [7, 11) is 3.03. The summed E-state index contributed by atoms with van der Waals surface area (Å²) in [5.74, 6) is 0.599. The highest BCUT2D eigenvalue weighted by Gasteiger charge is 2.28. The number of hydrogen-bond acceptors (Lipinski definition) is 3. The average molecular weight is 356 g/mol. The summed E-state index contributed by atoms with van der Waals surface area (Å²) in [6, 6.07) is 4.40. The second-order valence-electron chi connectivity index (χ2n) is 5.42. The van der Waals surface area contributed by atoms with E-state index in [1.54, 1.807) is 12.1 Å². The second-order valence-corrected chi connectivity index (χ2v) is 6.17. The molecule has 0 saturated carbocycles. The Kier molecular flexibility index (Phi) is 4.41. The molecular formula is C17H16Cl2FNO2. The zero-order chi connectivity index (χ0) is 16.7. The van der Waals surface area contributed by atoms with Gasteiger partial charge in [-0.2, -0.15) is 0 Å². The van der Waals surface area contributed by atoms with Gasteiger partial charge in [-0.15, -0.1) is 0 Å². The lowest BCUT2D eigenvalue weighted by Gasteiger charge is -2.17. The van der Waals surface area contributed by atoms with E-state index in [2.05, 4.69) is 0 Å². The third kappa shape index (κ3) is 2.55. The molecule has 3 nitrogen and oxygen atoms in total. The van der Waals surface area contributed by atoms with Gasteiger partial charge >= 0.3 is 0 Å². The first-order valence-corrected chi connectivity index (χ1v) is 7.92. The van der Waals surface area contributed by atoms with Gasteiger partial charge in [0.15, 0.2) is 0 Å². The molecule has 0 aromatic heterocycles. The van der Waals surface area contributed by atoms with Crippen LogP contribution in [0.4, 0.5) is 4.39 Å². The van der Waals surface area contributed by atoms with Crippen LogP contribution in [0.25, 0.3) is 11.1 Å². The monoisotopic (exact) mass is 355 g/mol.